The molecular formula is C14H18N4O2. The molecule has 1 aromatic carbocycles. The maximum absolute atomic E-state index is 11.7. The Morgan fingerprint density at radius 1 is 1.45 bits per heavy atom. The van der Waals surface area contributed by atoms with Gasteiger partial charge >= 0.3 is 0 Å². The van der Waals surface area contributed by atoms with Crippen molar-refractivity contribution in [2.24, 2.45) is 0 Å². The van der Waals surface area contributed by atoms with Crippen LogP contribution in [0, 0.1) is 0 Å². The molecule has 20 heavy (non-hydrogen) atoms. The topological polar surface area (TPSA) is 79.9 Å². The van der Waals surface area contributed by atoms with E-state index in [9.17, 15) is 4.79 Å². The van der Waals surface area contributed by atoms with E-state index in [1.54, 1.807) is 0 Å². The van der Waals surface area contributed by atoms with E-state index >= 15 is 0 Å². The minimum Gasteiger partial charge on any atom is -0.483 e. The highest BCUT2D eigenvalue weighted by Crippen LogP contribution is 2.28. The number of ether oxygens (including phenoxy) is 1. The van der Waals surface area contributed by atoms with E-state index in [0.29, 0.717) is 11.9 Å². The second kappa shape index (κ2) is 6.70. The summed E-state index contributed by atoms with van der Waals surface area (Å²) in [5.41, 5.74) is 1.11. The monoisotopic (exact) mass is 274 g/mol. The first-order valence-electron chi connectivity index (χ1n) is 6.57. The summed E-state index contributed by atoms with van der Waals surface area (Å²) >= 11 is 0. The van der Waals surface area contributed by atoms with Gasteiger partial charge in [0.2, 0.25) is 5.95 Å². The predicted molar refractivity (Wildman–Crippen MR) is 75.7 cm³/mol. The van der Waals surface area contributed by atoms with Crippen LogP contribution in [0.2, 0.25) is 0 Å². The number of anilines is 1. The molecule has 0 aliphatic heterocycles. The molecule has 0 radical (unpaired) electrons. The number of aromatic nitrogens is 3. The van der Waals surface area contributed by atoms with Gasteiger partial charge in [0.25, 0.3) is 5.91 Å². The minimum atomic E-state index is -0.277. The molecule has 0 saturated heterocycles. The molecule has 0 unspecified atom stereocenters. The van der Waals surface area contributed by atoms with Gasteiger partial charge in [-0.2, -0.15) is 10.1 Å². The van der Waals surface area contributed by atoms with Crippen molar-refractivity contribution < 1.29 is 9.53 Å². The lowest BCUT2D eigenvalue weighted by Gasteiger charge is -2.15. The van der Waals surface area contributed by atoms with Gasteiger partial charge in [0.1, 0.15) is 12.1 Å². The lowest BCUT2D eigenvalue weighted by Crippen LogP contribution is -2.21. The molecule has 0 fully saturated rings. The zero-order chi connectivity index (χ0) is 14.4. The summed E-state index contributed by atoms with van der Waals surface area (Å²) in [5, 5.41) is 8.77. The number of nitrogens with one attached hydrogen (secondary N) is 2. The molecule has 2 N–H and O–H groups in total. The third-order valence-corrected chi connectivity index (χ3v) is 3.09. The molecule has 2 rings (SSSR count). The molecule has 2 aromatic rings. The van der Waals surface area contributed by atoms with Crippen LogP contribution in [0.1, 0.15) is 31.7 Å². The van der Waals surface area contributed by atoms with Crippen molar-refractivity contribution >= 4 is 11.9 Å². The Hall–Kier alpha value is -2.37. The van der Waals surface area contributed by atoms with Crippen molar-refractivity contribution in [3.63, 3.8) is 0 Å². The molecule has 0 saturated carbocycles. The van der Waals surface area contributed by atoms with Gasteiger partial charge in [0, 0.05) is 0 Å². The fourth-order valence-corrected chi connectivity index (χ4v) is 1.82. The molecule has 0 aliphatic rings. The SMILES string of the molecule is CC[C@H](C)c1ccccc1OCC(=O)Nc1ncn[nH]1. The largest absolute Gasteiger partial charge is 0.483 e. The highest BCUT2D eigenvalue weighted by molar-refractivity contribution is 5.90. The molecule has 0 bridgehead atoms. The number of carbonyl (C=O) groups is 1. The summed E-state index contributed by atoms with van der Waals surface area (Å²) in [7, 11) is 0. The van der Waals surface area contributed by atoms with Crippen LogP contribution in [0.15, 0.2) is 30.6 Å². The van der Waals surface area contributed by atoms with Crippen molar-refractivity contribution in [3.05, 3.63) is 36.2 Å². The van der Waals surface area contributed by atoms with Gasteiger partial charge in [-0.15, -0.1) is 0 Å². The zero-order valence-electron chi connectivity index (χ0n) is 11.6. The van der Waals surface area contributed by atoms with Crippen molar-refractivity contribution in [1.29, 1.82) is 0 Å². The Labute approximate surface area is 117 Å². The van der Waals surface area contributed by atoms with Crippen molar-refractivity contribution in [3.8, 4) is 5.75 Å². The number of nitrogens with zero attached hydrogens (tertiary/aromatic N) is 2. The molecular weight excluding hydrogens is 256 g/mol. The molecule has 6 heteroatoms. The smallest absolute Gasteiger partial charge is 0.264 e. The van der Waals surface area contributed by atoms with Gasteiger partial charge in [-0.05, 0) is 24.0 Å². The van der Waals surface area contributed by atoms with Gasteiger partial charge in [-0.25, -0.2) is 5.10 Å². The van der Waals surface area contributed by atoms with E-state index in [-0.39, 0.29) is 12.5 Å². The van der Waals surface area contributed by atoms with Crippen LogP contribution < -0.4 is 10.1 Å². The Kier molecular flexibility index (Phi) is 4.70. The van der Waals surface area contributed by atoms with E-state index in [2.05, 4.69) is 34.3 Å². The van der Waals surface area contributed by atoms with Crippen LogP contribution in [0.25, 0.3) is 0 Å². The maximum Gasteiger partial charge on any atom is 0.264 e. The van der Waals surface area contributed by atoms with Gasteiger partial charge in [0.15, 0.2) is 6.61 Å². The first kappa shape index (κ1) is 14.0. The van der Waals surface area contributed by atoms with Crippen molar-refractivity contribution in [2.45, 2.75) is 26.2 Å². The van der Waals surface area contributed by atoms with Crippen LogP contribution in [-0.4, -0.2) is 27.7 Å². The molecule has 1 amide bonds. The normalized spacial score (nSPS) is 11.9. The van der Waals surface area contributed by atoms with Gasteiger partial charge < -0.3 is 4.74 Å². The number of hydrogen-bond acceptors (Lipinski definition) is 4. The van der Waals surface area contributed by atoms with Crippen molar-refractivity contribution in [1.82, 2.24) is 15.2 Å². The van der Waals surface area contributed by atoms with Gasteiger partial charge in [0.05, 0.1) is 0 Å². The molecule has 1 aromatic heterocycles. The van der Waals surface area contributed by atoms with Crippen molar-refractivity contribution in [2.75, 3.05) is 11.9 Å². The molecule has 1 atom stereocenters. The lowest BCUT2D eigenvalue weighted by atomic mass is 9.98. The Morgan fingerprint density at radius 2 is 2.25 bits per heavy atom. The second-order valence-corrected chi connectivity index (χ2v) is 4.52. The fourth-order valence-electron chi connectivity index (χ4n) is 1.82. The Morgan fingerprint density at radius 3 is 2.95 bits per heavy atom. The number of rotatable bonds is 6. The number of para-hydroxylation sites is 1. The van der Waals surface area contributed by atoms with E-state index in [0.717, 1.165) is 17.7 Å². The number of H-pyrrole nitrogens is 1. The summed E-state index contributed by atoms with van der Waals surface area (Å²) in [6.45, 7) is 4.20. The molecule has 0 spiro atoms. The van der Waals surface area contributed by atoms with Crippen LogP contribution in [-0.2, 0) is 4.79 Å². The summed E-state index contributed by atoms with van der Waals surface area (Å²) in [6.07, 6.45) is 2.35. The second-order valence-electron chi connectivity index (χ2n) is 4.52. The average Bonchev–Trinajstić information content (AvgIpc) is 2.97. The number of amides is 1. The maximum atomic E-state index is 11.7. The number of carbonyl (C=O) groups excluding carboxylic acids is 1. The molecule has 106 valence electrons. The Balaban J connectivity index is 1.95. The standard InChI is InChI=1S/C14H18N4O2/c1-3-10(2)11-6-4-5-7-12(11)20-8-13(19)17-14-15-9-16-18-14/h4-7,9-10H,3,8H2,1-2H3,(H2,15,16,17,18,19)/t10-/m0/s1. The van der Waals surface area contributed by atoms with Crippen LogP contribution in [0.4, 0.5) is 5.95 Å². The van der Waals surface area contributed by atoms with Crippen LogP contribution in [0.3, 0.4) is 0 Å². The molecule has 1 heterocycles. The van der Waals surface area contributed by atoms with E-state index in [4.69, 9.17) is 4.74 Å². The first-order valence-corrected chi connectivity index (χ1v) is 6.57. The summed E-state index contributed by atoms with van der Waals surface area (Å²) in [4.78, 5) is 15.5. The quantitative estimate of drug-likeness (QED) is 0.847. The highest BCUT2D eigenvalue weighted by atomic mass is 16.5. The van der Waals surface area contributed by atoms with Crippen LogP contribution >= 0.6 is 0 Å². The fraction of sp³-hybridized carbons (Fsp3) is 0.357. The third-order valence-electron chi connectivity index (χ3n) is 3.09. The van der Waals surface area contributed by atoms with Gasteiger partial charge in [-0.3, -0.25) is 10.1 Å². The minimum absolute atomic E-state index is 0.0614. The average molecular weight is 274 g/mol. The molecule has 0 aliphatic carbocycles. The number of hydrogen-bond donors (Lipinski definition) is 2. The highest BCUT2D eigenvalue weighted by Gasteiger charge is 2.11. The van der Waals surface area contributed by atoms with Crippen LogP contribution in [0.5, 0.6) is 5.75 Å². The third kappa shape index (κ3) is 3.57. The predicted octanol–water partition coefficient (Wildman–Crippen LogP) is 2.34. The van der Waals surface area contributed by atoms with E-state index in [1.165, 1.54) is 6.33 Å². The first-order chi connectivity index (χ1) is 9.70. The summed E-state index contributed by atoms with van der Waals surface area (Å²) in [5.74, 6) is 1.17. The van der Waals surface area contributed by atoms with E-state index < -0.39 is 0 Å². The summed E-state index contributed by atoms with van der Waals surface area (Å²) < 4.78 is 5.60. The number of benzene rings is 1. The number of aromatic amines is 1. The zero-order valence-corrected chi connectivity index (χ0v) is 11.6. The lowest BCUT2D eigenvalue weighted by molar-refractivity contribution is -0.118. The molecule has 6 nitrogen and oxygen atoms in total. The Bertz CT molecular complexity index is 554. The van der Waals surface area contributed by atoms with E-state index in [1.807, 2.05) is 24.3 Å². The van der Waals surface area contributed by atoms with Gasteiger partial charge in [-0.1, -0.05) is 32.0 Å². The summed E-state index contributed by atoms with van der Waals surface area (Å²) in [6, 6.07) is 7.78.